The Morgan fingerprint density at radius 3 is 2.47 bits per heavy atom. The fourth-order valence-corrected chi connectivity index (χ4v) is 3.56. The van der Waals surface area contributed by atoms with Gasteiger partial charge in [0.15, 0.2) is 5.75 Å². The lowest BCUT2D eigenvalue weighted by Gasteiger charge is -2.15. The van der Waals surface area contributed by atoms with E-state index in [0.717, 1.165) is 12.0 Å². The van der Waals surface area contributed by atoms with Crippen molar-refractivity contribution in [3.63, 3.8) is 0 Å². The maximum atomic E-state index is 6.15. The highest BCUT2D eigenvalue weighted by atomic mass is 35.5. The average Bonchev–Trinajstić information content (AvgIpc) is 2.89. The fourth-order valence-electron chi connectivity index (χ4n) is 2.03. The van der Waals surface area contributed by atoms with E-state index < -0.39 is 0 Å². The predicted molar refractivity (Wildman–Crippen MR) is 82.8 cm³/mol. The summed E-state index contributed by atoms with van der Waals surface area (Å²) in [4.78, 5) is 1.28. The Hall–Kier alpha value is -0.740. The Bertz CT molecular complexity index is 519. The summed E-state index contributed by atoms with van der Waals surface area (Å²) < 4.78 is 5.15. The van der Waals surface area contributed by atoms with Crippen LogP contribution in [-0.4, -0.2) is 13.7 Å². The summed E-state index contributed by atoms with van der Waals surface area (Å²) in [5.74, 6) is 0.813. The minimum Gasteiger partial charge on any atom is -0.494 e. The molecule has 0 aliphatic heterocycles. The summed E-state index contributed by atoms with van der Waals surface area (Å²) in [5, 5.41) is 3.13. The third-order valence-corrected chi connectivity index (χ3v) is 4.57. The van der Waals surface area contributed by atoms with Gasteiger partial charge in [-0.2, -0.15) is 0 Å². The van der Waals surface area contributed by atoms with Crippen molar-refractivity contribution >= 4 is 34.5 Å². The first-order valence-corrected chi connectivity index (χ1v) is 7.54. The molecule has 102 valence electrons. The van der Waals surface area contributed by atoms with Gasteiger partial charge in [-0.3, -0.25) is 0 Å². The standard InChI is InChI=1S/C14H15Cl2NOS/c1-18-14-11(15)6-9(7-12(14)16)5-10(8-17)13-3-2-4-19-13/h2-4,6-7,10H,5,8,17H2,1H3. The zero-order valence-electron chi connectivity index (χ0n) is 10.5. The molecule has 0 amide bonds. The fraction of sp³-hybridized carbons (Fsp3) is 0.286. The van der Waals surface area contributed by atoms with Crippen LogP contribution in [0.5, 0.6) is 5.75 Å². The Morgan fingerprint density at radius 1 is 1.32 bits per heavy atom. The number of hydrogen-bond donors (Lipinski definition) is 1. The van der Waals surface area contributed by atoms with E-state index in [4.69, 9.17) is 33.7 Å². The summed E-state index contributed by atoms with van der Waals surface area (Å²) in [7, 11) is 1.56. The molecular formula is C14H15Cl2NOS. The highest BCUT2D eigenvalue weighted by Crippen LogP contribution is 2.35. The number of rotatable bonds is 5. The van der Waals surface area contributed by atoms with Crippen molar-refractivity contribution < 1.29 is 4.74 Å². The van der Waals surface area contributed by atoms with E-state index >= 15 is 0 Å². The molecule has 1 aromatic carbocycles. The number of methoxy groups -OCH3 is 1. The topological polar surface area (TPSA) is 35.2 Å². The lowest BCUT2D eigenvalue weighted by molar-refractivity contribution is 0.415. The maximum absolute atomic E-state index is 6.15. The summed E-state index contributed by atoms with van der Waals surface area (Å²) in [6.45, 7) is 0.599. The predicted octanol–water partition coefficient (Wildman–Crippen LogP) is 4.35. The molecule has 0 saturated heterocycles. The first-order valence-electron chi connectivity index (χ1n) is 5.91. The number of thiophene rings is 1. The van der Waals surface area contributed by atoms with Gasteiger partial charge in [0, 0.05) is 17.3 Å². The molecule has 0 aliphatic rings. The van der Waals surface area contributed by atoms with Crippen molar-refractivity contribution in [3.05, 3.63) is 50.1 Å². The SMILES string of the molecule is COc1c(Cl)cc(CC(CN)c2cccs2)cc1Cl. The average molecular weight is 316 g/mol. The van der Waals surface area contributed by atoms with Crippen LogP contribution in [0.1, 0.15) is 16.4 Å². The molecule has 1 unspecified atom stereocenters. The largest absolute Gasteiger partial charge is 0.494 e. The Kier molecular flexibility index (Phi) is 5.11. The van der Waals surface area contributed by atoms with E-state index in [-0.39, 0.29) is 0 Å². The molecule has 2 rings (SSSR count). The monoisotopic (exact) mass is 315 g/mol. The number of halogens is 2. The molecule has 0 bridgehead atoms. The van der Waals surface area contributed by atoms with Crippen LogP contribution in [0.4, 0.5) is 0 Å². The van der Waals surface area contributed by atoms with Crippen LogP contribution >= 0.6 is 34.5 Å². The molecule has 1 aromatic heterocycles. The summed E-state index contributed by atoms with van der Waals surface area (Å²) in [6, 6.07) is 7.93. The molecule has 1 atom stereocenters. The lowest BCUT2D eigenvalue weighted by atomic mass is 9.98. The Labute approximate surface area is 127 Å². The van der Waals surface area contributed by atoms with Gasteiger partial charge in [-0.15, -0.1) is 11.3 Å². The van der Waals surface area contributed by atoms with Crippen LogP contribution in [0.2, 0.25) is 10.0 Å². The van der Waals surface area contributed by atoms with Crippen molar-refractivity contribution in [3.8, 4) is 5.75 Å². The van der Waals surface area contributed by atoms with Gasteiger partial charge in [-0.25, -0.2) is 0 Å². The number of benzene rings is 1. The van der Waals surface area contributed by atoms with Gasteiger partial charge in [0.1, 0.15) is 0 Å². The van der Waals surface area contributed by atoms with Crippen LogP contribution in [0.15, 0.2) is 29.6 Å². The van der Waals surface area contributed by atoms with Crippen molar-refractivity contribution in [2.75, 3.05) is 13.7 Å². The van der Waals surface area contributed by atoms with Crippen molar-refractivity contribution in [2.24, 2.45) is 5.73 Å². The summed E-state index contributed by atoms with van der Waals surface area (Å²) >= 11 is 14.0. The van der Waals surface area contributed by atoms with Crippen molar-refractivity contribution in [1.29, 1.82) is 0 Å². The van der Waals surface area contributed by atoms with E-state index in [2.05, 4.69) is 11.4 Å². The summed E-state index contributed by atoms with van der Waals surface area (Å²) in [6.07, 6.45) is 0.820. The van der Waals surface area contributed by atoms with Crippen molar-refractivity contribution in [1.82, 2.24) is 0 Å². The third-order valence-electron chi connectivity index (χ3n) is 2.97. The van der Waals surface area contributed by atoms with E-state index in [0.29, 0.717) is 28.3 Å². The quantitative estimate of drug-likeness (QED) is 0.890. The first kappa shape index (κ1) is 14.7. The van der Waals surface area contributed by atoms with E-state index in [1.165, 1.54) is 4.88 Å². The van der Waals surface area contributed by atoms with Gasteiger partial charge < -0.3 is 10.5 Å². The molecule has 0 aliphatic carbocycles. The van der Waals surface area contributed by atoms with Crippen LogP contribution in [0.3, 0.4) is 0 Å². The molecule has 19 heavy (non-hydrogen) atoms. The number of ether oxygens (including phenoxy) is 1. The molecular weight excluding hydrogens is 301 g/mol. The van der Waals surface area contributed by atoms with Gasteiger partial charge in [0.25, 0.3) is 0 Å². The molecule has 2 nitrogen and oxygen atoms in total. The number of hydrogen-bond acceptors (Lipinski definition) is 3. The van der Waals surface area contributed by atoms with E-state index in [9.17, 15) is 0 Å². The zero-order valence-corrected chi connectivity index (χ0v) is 12.9. The summed E-state index contributed by atoms with van der Waals surface area (Å²) in [5.41, 5.74) is 6.93. The minimum absolute atomic E-state index is 0.292. The third kappa shape index (κ3) is 3.42. The van der Waals surface area contributed by atoms with E-state index in [1.807, 2.05) is 18.2 Å². The molecule has 1 heterocycles. The molecule has 0 spiro atoms. The molecule has 0 fully saturated rings. The molecule has 0 radical (unpaired) electrons. The Morgan fingerprint density at radius 2 is 2.00 bits per heavy atom. The maximum Gasteiger partial charge on any atom is 0.156 e. The minimum atomic E-state index is 0.292. The highest BCUT2D eigenvalue weighted by molar-refractivity contribution is 7.10. The Balaban J connectivity index is 2.23. The zero-order chi connectivity index (χ0) is 13.8. The molecule has 2 aromatic rings. The molecule has 0 saturated carbocycles. The second-order valence-electron chi connectivity index (χ2n) is 4.24. The van der Waals surface area contributed by atoms with Crippen LogP contribution in [0.25, 0.3) is 0 Å². The van der Waals surface area contributed by atoms with Crippen LogP contribution < -0.4 is 10.5 Å². The van der Waals surface area contributed by atoms with Gasteiger partial charge in [0.2, 0.25) is 0 Å². The first-order chi connectivity index (χ1) is 9.15. The second-order valence-corrected chi connectivity index (χ2v) is 6.04. The van der Waals surface area contributed by atoms with E-state index in [1.54, 1.807) is 18.4 Å². The van der Waals surface area contributed by atoms with Gasteiger partial charge >= 0.3 is 0 Å². The molecule has 5 heteroatoms. The van der Waals surface area contributed by atoms with Crippen LogP contribution in [0, 0.1) is 0 Å². The van der Waals surface area contributed by atoms with Gasteiger partial charge in [-0.05, 0) is 35.6 Å². The lowest BCUT2D eigenvalue weighted by Crippen LogP contribution is -2.14. The van der Waals surface area contributed by atoms with Gasteiger partial charge in [0.05, 0.1) is 17.2 Å². The van der Waals surface area contributed by atoms with Gasteiger partial charge in [-0.1, -0.05) is 29.3 Å². The second kappa shape index (κ2) is 6.62. The smallest absolute Gasteiger partial charge is 0.156 e. The number of nitrogens with two attached hydrogens (primary N) is 1. The van der Waals surface area contributed by atoms with Crippen LogP contribution in [-0.2, 0) is 6.42 Å². The van der Waals surface area contributed by atoms with Crippen molar-refractivity contribution in [2.45, 2.75) is 12.3 Å². The molecule has 2 N–H and O–H groups in total. The normalized spacial score (nSPS) is 12.4. The highest BCUT2D eigenvalue weighted by Gasteiger charge is 2.14.